The zero-order valence-electron chi connectivity index (χ0n) is 7.68. The molecule has 78 valence electrons. The van der Waals surface area contributed by atoms with Gasteiger partial charge >= 0.3 is 0 Å². The lowest BCUT2D eigenvalue weighted by atomic mass is 10.5. The van der Waals surface area contributed by atoms with Crippen molar-refractivity contribution in [2.75, 3.05) is 0 Å². The molecule has 0 atom stereocenters. The SMILES string of the molecule is Cc1cc(N=Nc2c(O)[nH][nH]c2=O)no1. The van der Waals surface area contributed by atoms with Crippen LogP contribution in [0.2, 0.25) is 0 Å². The summed E-state index contributed by atoms with van der Waals surface area (Å²) in [4.78, 5) is 11.0. The van der Waals surface area contributed by atoms with Gasteiger partial charge in [-0.1, -0.05) is 5.16 Å². The fourth-order valence-electron chi connectivity index (χ4n) is 0.936. The number of aromatic hydroxyl groups is 1. The number of rotatable bonds is 2. The van der Waals surface area contributed by atoms with Crippen LogP contribution in [0.1, 0.15) is 5.76 Å². The van der Waals surface area contributed by atoms with E-state index in [9.17, 15) is 4.79 Å². The molecule has 0 aromatic carbocycles. The van der Waals surface area contributed by atoms with Crippen LogP contribution < -0.4 is 5.56 Å². The molecule has 8 heteroatoms. The standard InChI is InChI=1S/C7H7N5O3/c1-3-2-4(12-15-3)8-9-5-6(13)10-11-7(5)14/h2H,1H3,(H3,10,11,13,14). The predicted molar refractivity (Wildman–Crippen MR) is 48.5 cm³/mol. The van der Waals surface area contributed by atoms with Gasteiger partial charge in [0.2, 0.25) is 17.4 Å². The summed E-state index contributed by atoms with van der Waals surface area (Å²) in [5.41, 5.74) is -0.757. The van der Waals surface area contributed by atoms with Gasteiger partial charge in [0.1, 0.15) is 5.76 Å². The minimum Gasteiger partial charge on any atom is -0.492 e. The summed E-state index contributed by atoms with van der Waals surface area (Å²) in [5, 5.41) is 24.2. The first-order valence-electron chi connectivity index (χ1n) is 4.01. The van der Waals surface area contributed by atoms with Crippen LogP contribution in [0.15, 0.2) is 25.6 Å². The van der Waals surface area contributed by atoms with Crippen molar-refractivity contribution in [3.8, 4) is 5.88 Å². The second-order valence-electron chi connectivity index (χ2n) is 2.77. The third kappa shape index (κ3) is 1.77. The number of azo groups is 1. The van der Waals surface area contributed by atoms with Crippen LogP contribution in [0.3, 0.4) is 0 Å². The Hall–Kier alpha value is -2.38. The molecule has 8 nitrogen and oxygen atoms in total. The van der Waals surface area contributed by atoms with E-state index in [1.54, 1.807) is 13.0 Å². The highest BCUT2D eigenvalue weighted by Gasteiger charge is 2.07. The zero-order valence-corrected chi connectivity index (χ0v) is 7.68. The highest BCUT2D eigenvalue weighted by atomic mass is 16.5. The molecule has 2 heterocycles. The fraction of sp³-hybridized carbons (Fsp3) is 0.143. The van der Waals surface area contributed by atoms with Gasteiger partial charge in [0.05, 0.1) is 0 Å². The Kier molecular flexibility index (Phi) is 2.08. The molecule has 0 saturated heterocycles. The van der Waals surface area contributed by atoms with E-state index < -0.39 is 5.56 Å². The maximum atomic E-state index is 11.0. The number of aromatic nitrogens is 3. The van der Waals surface area contributed by atoms with Crippen LogP contribution >= 0.6 is 0 Å². The molecule has 0 amide bonds. The van der Waals surface area contributed by atoms with Crippen LogP contribution in [0.5, 0.6) is 5.88 Å². The van der Waals surface area contributed by atoms with Gasteiger partial charge in [-0.05, 0) is 6.92 Å². The van der Waals surface area contributed by atoms with Crippen molar-refractivity contribution >= 4 is 11.5 Å². The Labute approximate surface area is 82.6 Å². The summed E-state index contributed by atoms with van der Waals surface area (Å²) in [6.07, 6.45) is 0. The lowest BCUT2D eigenvalue weighted by Gasteiger charge is -1.82. The van der Waals surface area contributed by atoms with E-state index in [-0.39, 0.29) is 17.4 Å². The van der Waals surface area contributed by atoms with Crippen molar-refractivity contribution in [2.45, 2.75) is 6.92 Å². The first-order valence-corrected chi connectivity index (χ1v) is 4.01. The number of hydrogen-bond acceptors (Lipinski definition) is 6. The zero-order chi connectivity index (χ0) is 10.8. The number of aryl methyl sites for hydroxylation is 1. The molecule has 0 aliphatic heterocycles. The molecule has 0 saturated carbocycles. The maximum absolute atomic E-state index is 11.0. The first kappa shape index (κ1) is 9.19. The molecule has 0 aliphatic rings. The van der Waals surface area contributed by atoms with Gasteiger partial charge in [-0.25, -0.2) is 0 Å². The summed E-state index contributed by atoms with van der Waals surface area (Å²) in [5.74, 6) is 0.438. The Balaban J connectivity index is 2.29. The van der Waals surface area contributed by atoms with Crippen molar-refractivity contribution in [3.05, 3.63) is 22.2 Å². The molecule has 2 aromatic rings. The number of nitrogens with one attached hydrogen (secondary N) is 2. The second-order valence-corrected chi connectivity index (χ2v) is 2.77. The van der Waals surface area contributed by atoms with Crippen LogP contribution in [0, 0.1) is 6.92 Å². The minimum atomic E-state index is -0.559. The topological polar surface area (TPSA) is 120 Å². The molecule has 2 rings (SSSR count). The third-order valence-electron chi connectivity index (χ3n) is 1.60. The summed E-state index contributed by atoms with van der Waals surface area (Å²) < 4.78 is 4.73. The van der Waals surface area contributed by atoms with Gasteiger partial charge in [-0.3, -0.25) is 15.0 Å². The van der Waals surface area contributed by atoms with Gasteiger partial charge in [-0.2, -0.15) is 0 Å². The summed E-state index contributed by atoms with van der Waals surface area (Å²) in [6, 6.07) is 1.54. The highest BCUT2D eigenvalue weighted by Crippen LogP contribution is 2.20. The largest absolute Gasteiger partial charge is 0.492 e. The van der Waals surface area contributed by atoms with Gasteiger partial charge in [0.15, 0.2) is 0 Å². The highest BCUT2D eigenvalue weighted by molar-refractivity contribution is 5.43. The van der Waals surface area contributed by atoms with Crippen molar-refractivity contribution in [1.29, 1.82) is 0 Å². The Morgan fingerprint density at radius 1 is 1.47 bits per heavy atom. The Morgan fingerprint density at radius 3 is 2.80 bits per heavy atom. The van der Waals surface area contributed by atoms with Gasteiger partial charge < -0.3 is 9.63 Å². The van der Waals surface area contributed by atoms with Gasteiger partial charge in [-0.15, -0.1) is 10.2 Å². The van der Waals surface area contributed by atoms with Gasteiger partial charge in [0, 0.05) is 6.07 Å². The van der Waals surface area contributed by atoms with Crippen molar-refractivity contribution < 1.29 is 9.63 Å². The minimum absolute atomic E-state index is 0.198. The monoisotopic (exact) mass is 209 g/mol. The fourth-order valence-corrected chi connectivity index (χ4v) is 0.936. The van der Waals surface area contributed by atoms with Crippen LogP contribution in [-0.4, -0.2) is 20.5 Å². The second kappa shape index (κ2) is 3.40. The Morgan fingerprint density at radius 2 is 2.27 bits per heavy atom. The van der Waals surface area contributed by atoms with E-state index in [0.29, 0.717) is 5.76 Å². The quantitative estimate of drug-likeness (QED) is 0.641. The molecule has 0 spiro atoms. The lowest BCUT2D eigenvalue weighted by molar-refractivity contribution is 0.399. The average molecular weight is 209 g/mol. The van der Waals surface area contributed by atoms with Crippen LogP contribution in [0.25, 0.3) is 0 Å². The van der Waals surface area contributed by atoms with Crippen LogP contribution in [0.4, 0.5) is 11.5 Å². The number of nitrogens with zero attached hydrogens (tertiary/aromatic N) is 3. The molecule has 0 radical (unpaired) electrons. The van der Waals surface area contributed by atoms with E-state index in [0.717, 1.165) is 0 Å². The van der Waals surface area contributed by atoms with Crippen LogP contribution in [-0.2, 0) is 0 Å². The van der Waals surface area contributed by atoms with E-state index in [1.807, 2.05) is 0 Å². The van der Waals surface area contributed by atoms with Gasteiger partial charge in [0.25, 0.3) is 5.56 Å². The van der Waals surface area contributed by atoms with Crippen molar-refractivity contribution in [1.82, 2.24) is 15.4 Å². The van der Waals surface area contributed by atoms with E-state index >= 15 is 0 Å². The molecular formula is C7H7N5O3. The normalized spacial score (nSPS) is 11.3. The smallest absolute Gasteiger partial charge is 0.295 e. The summed E-state index contributed by atoms with van der Waals surface area (Å²) in [6.45, 7) is 1.70. The molecule has 0 bridgehead atoms. The van der Waals surface area contributed by atoms with E-state index in [1.165, 1.54) is 0 Å². The predicted octanol–water partition coefficient (Wildman–Crippen LogP) is 1.12. The summed E-state index contributed by atoms with van der Waals surface area (Å²) >= 11 is 0. The number of hydrogen-bond donors (Lipinski definition) is 3. The maximum Gasteiger partial charge on any atom is 0.295 e. The Bertz CT molecular complexity index is 549. The molecule has 0 fully saturated rings. The molecular weight excluding hydrogens is 202 g/mol. The van der Waals surface area contributed by atoms with E-state index in [2.05, 4.69) is 25.6 Å². The first-order chi connectivity index (χ1) is 7.16. The average Bonchev–Trinajstić information content (AvgIpc) is 2.73. The number of H-pyrrole nitrogens is 2. The molecule has 0 aliphatic carbocycles. The number of aromatic amines is 2. The van der Waals surface area contributed by atoms with Crippen molar-refractivity contribution in [3.63, 3.8) is 0 Å². The molecule has 2 aromatic heterocycles. The summed E-state index contributed by atoms with van der Waals surface area (Å²) in [7, 11) is 0. The molecule has 15 heavy (non-hydrogen) atoms. The van der Waals surface area contributed by atoms with Crippen molar-refractivity contribution in [2.24, 2.45) is 10.2 Å². The molecule has 3 N–H and O–H groups in total. The molecule has 0 unspecified atom stereocenters. The van der Waals surface area contributed by atoms with E-state index in [4.69, 9.17) is 9.63 Å². The third-order valence-corrected chi connectivity index (χ3v) is 1.60. The lowest BCUT2D eigenvalue weighted by Crippen LogP contribution is -1.96.